The molecule has 0 bridgehead atoms. The monoisotopic (exact) mass is 393 g/mol. The second-order valence-corrected chi connectivity index (χ2v) is 6.85. The summed E-state index contributed by atoms with van der Waals surface area (Å²) in [6.07, 6.45) is 2.27. The van der Waals surface area contributed by atoms with Crippen molar-refractivity contribution in [2.24, 2.45) is 7.05 Å². The van der Waals surface area contributed by atoms with E-state index in [1.54, 1.807) is 12.1 Å². The van der Waals surface area contributed by atoms with Gasteiger partial charge in [0, 0.05) is 18.0 Å². The molecule has 0 spiro atoms. The van der Waals surface area contributed by atoms with Gasteiger partial charge in [-0.15, -0.1) is 11.8 Å². The van der Waals surface area contributed by atoms with E-state index in [1.165, 1.54) is 35.5 Å². The van der Waals surface area contributed by atoms with Gasteiger partial charge in [0.05, 0.1) is 31.0 Å². The van der Waals surface area contributed by atoms with Crippen molar-refractivity contribution in [3.05, 3.63) is 51.6 Å². The molecule has 0 saturated heterocycles. The molecule has 2 aromatic rings. The minimum absolute atomic E-state index is 0.0135. The molecule has 0 fully saturated rings. The summed E-state index contributed by atoms with van der Waals surface area (Å²) < 4.78 is 15.7. The maximum absolute atomic E-state index is 14.4. The van der Waals surface area contributed by atoms with Crippen molar-refractivity contribution in [1.29, 1.82) is 0 Å². The Morgan fingerprint density at radius 3 is 2.78 bits per heavy atom. The van der Waals surface area contributed by atoms with Crippen molar-refractivity contribution in [2.45, 2.75) is 11.3 Å². The number of fused-ring (bicyclic) bond motifs is 1. The molecule has 1 aromatic carbocycles. The molecule has 0 saturated carbocycles. The number of hydroxylamine groups is 2. The van der Waals surface area contributed by atoms with E-state index in [1.807, 2.05) is 6.26 Å². The number of rotatable bonds is 6. The molecule has 0 atom stereocenters. The molecule has 3 rings (SSSR count). The van der Waals surface area contributed by atoms with Gasteiger partial charge in [-0.2, -0.15) is 0 Å². The lowest BCUT2D eigenvalue weighted by molar-refractivity contribution is -0.132. The fraction of sp³-hybridized carbons (Fsp3) is 0.333. The van der Waals surface area contributed by atoms with Crippen LogP contribution in [0.1, 0.15) is 15.9 Å². The van der Waals surface area contributed by atoms with Crippen LogP contribution in [0.5, 0.6) is 0 Å². The standard InChI is InChI=1S/C18H20FN3O4S/c1-21-15(24)9-11-5-6-22(26-8-7-23)18(25)16(11)17(21)20-14-4-3-12(27-2)10-13(14)19/h3-4,9-10,20,23H,5-8H2,1-2H3. The molecule has 2 heterocycles. The Morgan fingerprint density at radius 2 is 2.11 bits per heavy atom. The normalized spacial score (nSPS) is 13.6. The average Bonchev–Trinajstić information content (AvgIpc) is 2.66. The van der Waals surface area contributed by atoms with E-state index in [0.29, 0.717) is 12.0 Å². The van der Waals surface area contributed by atoms with Gasteiger partial charge in [-0.3, -0.25) is 19.0 Å². The van der Waals surface area contributed by atoms with Gasteiger partial charge in [0.25, 0.3) is 11.5 Å². The van der Waals surface area contributed by atoms with Crippen LogP contribution >= 0.6 is 11.8 Å². The zero-order valence-corrected chi connectivity index (χ0v) is 15.8. The summed E-state index contributed by atoms with van der Waals surface area (Å²) in [6, 6.07) is 6.12. The molecule has 0 radical (unpaired) electrons. The van der Waals surface area contributed by atoms with Crippen LogP contribution in [0.4, 0.5) is 15.9 Å². The number of thioether (sulfide) groups is 1. The molecule has 144 valence electrons. The van der Waals surface area contributed by atoms with Gasteiger partial charge in [-0.25, -0.2) is 9.45 Å². The number of nitrogens with one attached hydrogen (secondary N) is 1. The molecular weight excluding hydrogens is 373 g/mol. The van der Waals surface area contributed by atoms with Crippen molar-refractivity contribution in [3.8, 4) is 0 Å². The summed E-state index contributed by atoms with van der Waals surface area (Å²) in [5.74, 6) is -0.719. The molecule has 9 heteroatoms. The number of carbonyl (C=O) groups excluding carboxylic acids is 1. The predicted molar refractivity (Wildman–Crippen MR) is 101 cm³/mol. The van der Waals surface area contributed by atoms with E-state index >= 15 is 0 Å². The van der Waals surface area contributed by atoms with Crippen molar-refractivity contribution in [1.82, 2.24) is 9.63 Å². The quantitative estimate of drug-likeness (QED) is 0.730. The van der Waals surface area contributed by atoms with Crippen LogP contribution in [-0.2, 0) is 18.3 Å². The Morgan fingerprint density at radius 1 is 1.33 bits per heavy atom. The van der Waals surface area contributed by atoms with Crippen LogP contribution in [-0.4, -0.2) is 46.7 Å². The molecule has 0 unspecified atom stereocenters. The van der Waals surface area contributed by atoms with Gasteiger partial charge >= 0.3 is 0 Å². The Kier molecular flexibility index (Phi) is 5.83. The van der Waals surface area contributed by atoms with E-state index in [0.717, 1.165) is 9.96 Å². The minimum atomic E-state index is -0.483. The third-order valence-corrected chi connectivity index (χ3v) is 5.04. The number of benzene rings is 1. The number of pyridine rings is 1. The van der Waals surface area contributed by atoms with Gasteiger partial charge in [-0.1, -0.05) is 0 Å². The molecule has 1 aromatic heterocycles. The van der Waals surface area contributed by atoms with E-state index in [9.17, 15) is 14.0 Å². The summed E-state index contributed by atoms with van der Waals surface area (Å²) >= 11 is 1.41. The number of nitrogens with zero attached hydrogens (tertiary/aromatic N) is 2. The first-order chi connectivity index (χ1) is 13.0. The topological polar surface area (TPSA) is 83.8 Å². The first-order valence-electron chi connectivity index (χ1n) is 8.35. The molecule has 0 aliphatic carbocycles. The second kappa shape index (κ2) is 8.12. The largest absolute Gasteiger partial charge is 0.394 e. The van der Waals surface area contributed by atoms with Crippen LogP contribution in [0, 0.1) is 5.82 Å². The fourth-order valence-electron chi connectivity index (χ4n) is 2.90. The zero-order valence-electron chi connectivity index (χ0n) is 15.0. The highest BCUT2D eigenvalue weighted by Crippen LogP contribution is 2.29. The van der Waals surface area contributed by atoms with Gasteiger partial charge in [-0.05, 0) is 36.4 Å². The van der Waals surface area contributed by atoms with E-state index in [2.05, 4.69) is 5.32 Å². The Labute approximate surface area is 159 Å². The van der Waals surface area contributed by atoms with Gasteiger partial charge in [0.1, 0.15) is 11.6 Å². The number of carbonyl (C=O) groups is 1. The third kappa shape index (κ3) is 3.85. The number of aliphatic hydroxyl groups excluding tert-OH is 1. The highest BCUT2D eigenvalue weighted by atomic mass is 32.2. The third-order valence-electron chi connectivity index (χ3n) is 4.31. The summed E-state index contributed by atoms with van der Waals surface area (Å²) in [5, 5.41) is 13.0. The minimum Gasteiger partial charge on any atom is -0.394 e. The van der Waals surface area contributed by atoms with E-state index in [-0.39, 0.29) is 42.4 Å². The number of aliphatic hydroxyl groups is 1. The first-order valence-corrected chi connectivity index (χ1v) is 9.58. The Balaban J connectivity index is 2.04. The van der Waals surface area contributed by atoms with Crippen molar-refractivity contribution in [3.63, 3.8) is 0 Å². The number of hydrogen-bond acceptors (Lipinski definition) is 6. The Hall–Kier alpha value is -2.36. The Bertz CT molecular complexity index is 932. The molecule has 27 heavy (non-hydrogen) atoms. The molecule has 1 aliphatic rings. The smallest absolute Gasteiger partial charge is 0.281 e. The number of hydrogen-bond donors (Lipinski definition) is 2. The number of aromatic nitrogens is 1. The summed E-state index contributed by atoms with van der Waals surface area (Å²) in [4.78, 5) is 31.2. The second-order valence-electron chi connectivity index (χ2n) is 5.98. The van der Waals surface area contributed by atoms with Crippen LogP contribution in [0.15, 0.2) is 34.0 Å². The van der Waals surface area contributed by atoms with Crippen molar-refractivity contribution < 1.29 is 19.1 Å². The van der Waals surface area contributed by atoms with Crippen LogP contribution in [0.25, 0.3) is 0 Å². The SMILES string of the molecule is CSc1ccc(Nc2c3c(cc(=O)n2C)CCN(OCCO)C3=O)c(F)c1. The van der Waals surface area contributed by atoms with E-state index < -0.39 is 11.7 Å². The lowest BCUT2D eigenvalue weighted by Crippen LogP contribution is -2.40. The number of anilines is 2. The van der Waals surface area contributed by atoms with Crippen molar-refractivity contribution in [2.75, 3.05) is 31.3 Å². The maximum Gasteiger partial charge on any atom is 0.281 e. The summed E-state index contributed by atoms with van der Waals surface area (Å²) in [6.45, 7) is 0.0393. The molecule has 1 aliphatic heterocycles. The maximum atomic E-state index is 14.4. The molecule has 7 nitrogen and oxygen atoms in total. The van der Waals surface area contributed by atoms with Crippen LogP contribution in [0.3, 0.4) is 0 Å². The molecule has 2 N–H and O–H groups in total. The zero-order chi connectivity index (χ0) is 19.6. The van der Waals surface area contributed by atoms with Crippen molar-refractivity contribution >= 4 is 29.2 Å². The van der Waals surface area contributed by atoms with E-state index in [4.69, 9.17) is 9.94 Å². The highest BCUT2D eigenvalue weighted by Gasteiger charge is 2.30. The lowest BCUT2D eigenvalue weighted by Gasteiger charge is -2.29. The van der Waals surface area contributed by atoms with Gasteiger partial charge in [0.2, 0.25) is 0 Å². The number of amides is 1. The first kappa shape index (κ1) is 19.4. The number of halogens is 1. The average molecular weight is 393 g/mol. The highest BCUT2D eigenvalue weighted by molar-refractivity contribution is 7.98. The molecular formula is C18H20FN3O4S. The van der Waals surface area contributed by atoms with Gasteiger partial charge in [0.15, 0.2) is 0 Å². The molecule has 1 amide bonds. The van der Waals surface area contributed by atoms with Crippen LogP contribution < -0.4 is 10.9 Å². The fourth-order valence-corrected chi connectivity index (χ4v) is 3.33. The van der Waals surface area contributed by atoms with Gasteiger partial charge < -0.3 is 10.4 Å². The lowest BCUT2D eigenvalue weighted by atomic mass is 10.0. The predicted octanol–water partition coefficient (Wildman–Crippen LogP) is 1.91. The van der Waals surface area contributed by atoms with Crippen LogP contribution in [0.2, 0.25) is 0 Å². The summed E-state index contributed by atoms with van der Waals surface area (Å²) in [7, 11) is 1.51. The summed E-state index contributed by atoms with van der Waals surface area (Å²) in [5.41, 5.74) is 0.706.